The van der Waals surface area contributed by atoms with E-state index in [0.717, 1.165) is 5.56 Å². The van der Waals surface area contributed by atoms with Gasteiger partial charge in [-0.3, -0.25) is 4.79 Å². The number of fused-ring (bicyclic) bond motifs is 4. The van der Waals surface area contributed by atoms with Crippen LogP contribution in [0, 0.1) is 6.92 Å². The Morgan fingerprint density at radius 2 is 1.97 bits per heavy atom. The Bertz CT molecular complexity index is 1410. The number of amides is 1. The molecule has 0 radical (unpaired) electrons. The van der Waals surface area contributed by atoms with Gasteiger partial charge in [0, 0.05) is 29.8 Å². The Morgan fingerprint density at radius 1 is 1.14 bits per heavy atom. The molecular formula is C26H28N4O5S. The zero-order valence-electron chi connectivity index (χ0n) is 20.2. The number of aryl methyl sites for hydroxylation is 1. The average molecular weight is 509 g/mol. The van der Waals surface area contributed by atoms with Gasteiger partial charge in [-0.25, -0.2) is 14.7 Å². The third-order valence-electron chi connectivity index (χ3n) is 6.49. The molecule has 188 valence electrons. The molecule has 2 N–H and O–H groups in total. The Labute approximate surface area is 210 Å². The SMILES string of the molecule is CCOc1cccc([C@H]2C[C@]23C(=O)NS(=O)(=O)c2cccc(n2)NCCCOc2ccc(C)cc23)n1. The first-order valence-electron chi connectivity index (χ1n) is 12.0. The van der Waals surface area contributed by atoms with Crippen molar-refractivity contribution in [3.05, 3.63) is 71.4 Å². The van der Waals surface area contributed by atoms with Gasteiger partial charge in [0.2, 0.25) is 11.8 Å². The van der Waals surface area contributed by atoms with Crippen LogP contribution in [0.3, 0.4) is 0 Å². The van der Waals surface area contributed by atoms with Crippen molar-refractivity contribution < 1.29 is 22.7 Å². The molecule has 2 bridgehead atoms. The van der Waals surface area contributed by atoms with Crippen LogP contribution in [0.25, 0.3) is 0 Å². The maximum absolute atomic E-state index is 13.9. The third-order valence-corrected chi connectivity index (χ3v) is 7.72. The third kappa shape index (κ3) is 4.48. The fourth-order valence-corrected chi connectivity index (χ4v) is 5.67. The highest BCUT2D eigenvalue weighted by molar-refractivity contribution is 7.90. The molecule has 9 nitrogen and oxygen atoms in total. The van der Waals surface area contributed by atoms with Gasteiger partial charge in [0.15, 0.2) is 5.03 Å². The lowest BCUT2D eigenvalue weighted by Crippen LogP contribution is -2.40. The molecule has 0 saturated heterocycles. The molecule has 1 spiro atoms. The van der Waals surface area contributed by atoms with Crippen LogP contribution in [0.15, 0.2) is 59.6 Å². The number of rotatable bonds is 3. The number of anilines is 1. The molecular weight excluding hydrogens is 480 g/mol. The van der Waals surface area contributed by atoms with E-state index in [9.17, 15) is 13.2 Å². The summed E-state index contributed by atoms with van der Waals surface area (Å²) in [7, 11) is -4.22. The monoisotopic (exact) mass is 508 g/mol. The van der Waals surface area contributed by atoms with Gasteiger partial charge in [0.05, 0.1) is 18.6 Å². The van der Waals surface area contributed by atoms with E-state index in [1.165, 1.54) is 6.07 Å². The number of benzene rings is 1. The number of nitrogens with one attached hydrogen (secondary N) is 2. The molecule has 0 unspecified atom stereocenters. The first kappa shape index (κ1) is 24.1. The summed E-state index contributed by atoms with van der Waals surface area (Å²) in [5.41, 5.74) is 1.07. The number of hydrogen-bond acceptors (Lipinski definition) is 8. The van der Waals surface area contributed by atoms with Crippen LogP contribution in [0.4, 0.5) is 5.82 Å². The number of sulfonamides is 1. The van der Waals surface area contributed by atoms with Gasteiger partial charge in [-0.2, -0.15) is 8.42 Å². The van der Waals surface area contributed by atoms with Crippen molar-refractivity contribution in [3.8, 4) is 11.6 Å². The highest BCUT2D eigenvalue weighted by atomic mass is 32.2. The van der Waals surface area contributed by atoms with Gasteiger partial charge in [0.25, 0.3) is 10.0 Å². The Morgan fingerprint density at radius 3 is 2.81 bits per heavy atom. The quantitative estimate of drug-likeness (QED) is 0.553. The van der Waals surface area contributed by atoms with Gasteiger partial charge >= 0.3 is 0 Å². The number of aromatic nitrogens is 2. The van der Waals surface area contributed by atoms with Crippen molar-refractivity contribution in [2.24, 2.45) is 0 Å². The number of ether oxygens (including phenoxy) is 2. The van der Waals surface area contributed by atoms with E-state index in [1.807, 2.05) is 44.2 Å². The van der Waals surface area contributed by atoms with Crippen molar-refractivity contribution in [1.82, 2.24) is 14.7 Å². The molecule has 1 saturated carbocycles. The van der Waals surface area contributed by atoms with Crippen molar-refractivity contribution in [2.75, 3.05) is 25.1 Å². The Kier molecular flexibility index (Phi) is 6.29. The predicted octanol–water partition coefficient (Wildman–Crippen LogP) is 3.31. The molecule has 3 heterocycles. The van der Waals surface area contributed by atoms with Crippen LogP contribution in [0.1, 0.15) is 42.5 Å². The van der Waals surface area contributed by atoms with Crippen LogP contribution >= 0.6 is 0 Å². The molecule has 1 aliphatic carbocycles. The van der Waals surface area contributed by atoms with Gasteiger partial charge in [-0.1, -0.05) is 29.8 Å². The largest absolute Gasteiger partial charge is 0.493 e. The first-order chi connectivity index (χ1) is 17.3. The van der Waals surface area contributed by atoms with Crippen LogP contribution in [0.5, 0.6) is 11.6 Å². The molecule has 3 aromatic rings. The number of hydrogen-bond donors (Lipinski definition) is 2. The standard InChI is InChI=1S/C26H28N4O5S/c1-3-34-23-9-4-7-20(28-23)19-16-26(19)18-15-17(2)11-12-21(18)35-14-6-13-27-22-8-5-10-24(29-22)36(32,33)30-25(26)31/h4-5,7-12,15,19H,3,6,13-14,16H2,1-2H3,(H,27,29)(H,30,31)/t19-,26-/m1/s1. The van der Waals surface area contributed by atoms with Crippen LogP contribution < -0.4 is 19.5 Å². The van der Waals surface area contributed by atoms with E-state index in [2.05, 4.69) is 20.0 Å². The van der Waals surface area contributed by atoms with Crippen molar-refractivity contribution >= 4 is 21.7 Å². The molecule has 10 heteroatoms. The minimum absolute atomic E-state index is 0.220. The second-order valence-corrected chi connectivity index (χ2v) is 10.6. The topological polar surface area (TPSA) is 120 Å². The van der Waals surface area contributed by atoms with Gasteiger partial charge < -0.3 is 14.8 Å². The molecule has 1 aromatic carbocycles. The van der Waals surface area contributed by atoms with E-state index >= 15 is 0 Å². The summed E-state index contributed by atoms with van der Waals surface area (Å²) in [6.45, 7) is 5.23. The fraction of sp³-hybridized carbons (Fsp3) is 0.346. The van der Waals surface area contributed by atoms with E-state index in [4.69, 9.17) is 9.47 Å². The van der Waals surface area contributed by atoms with Crippen molar-refractivity contribution in [2.45, 2.75) is 43.0 Å². The van der Waals surface area contributed by atoms with Crippen molar-refractivity contribution in [1.29, 1.82) is 0 Å². The summed E-state index contributed by atoms with van der Waals surface area (Å²) in [5.74, 6) is 0.440. The number of carbonyl (C=O) groups is 1. The smallest absolute Gasteiger partial charge is 0.281 e. The summed E-state index contributed by atoms with van der Waals surface area (Å²) in [4.78, 5) is 22.7. The second kappa shape index (κ2) is 9.42. The van der Waals surface area contributed by atoms with Gasteiger partial charge in [-0.05, 0) is 51.0 Å². The molecule has 1 fully saturated rings. The maximum Gasteiger partial charge on any atom is 0.281 e. The Balaban J connectivity index is 1.62. The molecule has 2 atom stereocenters. The van der Waals surface area contributed by atoms with Crippen LogP contribution in [0.2, 0.25) is 0 Å². The number of nitrogens with zero attached hydrogens (tertiary/aromatic N) is 2. The summed E-state index contributed by atoms with van der Waals surface area (Å²) in [6.07, 6.45) is 1.04. The van der Waals surface area contributed by atoms with E-state index < -0.39 is 21.3 Å². The molecule has 36 heavy (non-hydrogen) atoms. The minimum atomic E-state index is -4.22. The zero-order valence-corrected chi connectivity index (χ0v) is 21.0. The molecule has 2 aromatic heterocycles. The van der Waals surface area contributed by atoms with Gasteiger partial charge in [-0.15, -0.1) is 0 Å². The lowest BCUT2D eigenvalue weighted by Gasteiger charge is -2.22. The normalized spacial score (nSPS) is 22.8. The summed E-state index contributed by atoms with van der Waals surface area (Å²) >= 11 is 0. The first-order valence-corrected chi connectivity index (χ1v) is 13.4. The maximum atomic E-state index is 13.9. The molecule has 1 amide bonds. The predicted molar refractivity (Wildman–Crippen MR) is 134 cm³/mol. The second-order valence-electron chi connectivity index (χ2n) is 8.99. The molecule has 5 rings (SSSR count). The average Bonchev–Trinajstić information content (AvgIpc) is 3.62. The summed E-state index contributed by atoms with van der Waals surface area (Å²) < 4.78 is 40.5. The van der Waals surface area contributed by atoms with Crippen molar-refractivity contribution in [3.63, 3.8) is 0 Å². The number of pyridine rings is 2. The van der Waals surface area contributed by atoms with E-state index in [-0.39, 0.29) is 10.9 Å². The lowest BCUT2D eigenvalue weighted by molar-refractivity contribution is -0.122. The van der Waals surface area contributed by atoms with Crippen LogP contribution in [-0.4, -0.2) is 44.1 Å². The fourth-order valence-electron chi connectivity index (χ4n) is 4.66. The molecule has 2 aliphatic rings. The molecule has 1 aliphatic heterocycles. The van der Waals surface area contributed by atoms with Crippen LogP contribution in [-0.2, 0) is 20.2 Å². The zero-order chi connectivity index (χ0) is 25.3. The minimum Gasteiger partial charge on any atom is -0.493 e. The van der Waals surface area contributed by atoms with E-state index in [0.29, 0.717) is 61.3 Å². The lowest BCUT2D eigenvalue weighted by atomic mass is 9.89. The Hall–Kier alpha value is -3.66. The highest BCUT2D eigenvalue weighted by Crippen LogP contribution is 2.62. The number of carbonyl (C=O) groups excluding carboxylic acids is 1. The highest BCUT2D eigenvalue weighted by Gasteiger charge is 2.64. The van der Waals surface area contributed by atoms with E-state index in [1.54, 1.807) is 18.2 Å². The summed E-state index contributed by atoms with van der Waals surface area (Å²) in [5, 5.41) is 2.88. The van der Waals surface area contributed by atoms with Gasteiger partial charge in [0.1, 0.15) is 11.6 Å². The summed E-state index contributed by atoms with van der Waals surface area (Å²) in [6, 6.07) is 15.7.